The van der Waals surface area contributed by atoms with E-state index in [0.717, 1.165) is 41.1 Å². The lowest BCUT2D eigenvalue weighted by Crippen LogP contribution is -2.08. The van der Waals surface area contributed by atoms with Gasteiger partial charge >= 0.3 is 0 Å². The second kappa shape index (κ2) is 29.0. The molecule has 0 nitrogen and oxygen atoms in total. The zero-order valence-corrected chi connectivity index (χ0v) is 34.6. The molecule has 51 heavy (non-hydrogen) atoms. The molecule has 292 valence electrons. The molecule has 0 aliphatic heterocycles. The molecule has 0 aromatic heterocycles. The van der Waals surface area contributed by atoms with E-state index in [1.54, 1.807) is 13.0 Å². The lowest BCUT2D eigenvalue weighted by atomic mass is 9.84. The van der Waals surface area contributed by atoms with Crippen LogP contribution in [0.15, 0.2) is 66.7 Å². The Morgan fingerprint density at radius 2 is 0.529 bits per heavy atom. The maximum Gasteiger partial charge on any atom is 0.126 e. The smallest absolute Gasteiger partial charge is 0.126 e. The summed E-state index contributed by atoms with van der Waals surface area (Å²) in [6.07, 6.45) is 17.7. The van der Waals surface area contributed by atoms with Crippen LogP contribution in [-0.2, 0) is 0 Å². The second-order valence-electron chi connectivity index (χ2n) is 16.7. The molecule has 3 aliphatic carbocycles. The molecule has 0 spiro atoms. The third-order valence-electron chi connectivity index (χ3n) is 10.7. The van der Waals surface area contributed by atoms with Crippen molar-refractivity contribution < 1.29 is 9.09 Å². The summed E-state index contributed by atoms with van der Waals surface area (Å²) in [5.41, 5.74) is 7.00. The van der Waals surface area contributed by atoms with Crippen LogP contribution in [0.4, 0.5) is 9.09 Å². The van der Waals surface area contributed by atoms with Gasteiger partial charge in [0.25, 0.3) is 0 Å². The van der Waals surface area contributed by atoms with Crippen molar-refractivity contribution in [1.29, 1.82) is 0 Å². The number of hydrogen-bond donors (Lipinski definition) is 0. The van der Waals surface area contributed by atoms with Gasteiger partial charge in [0, 0.05) is 0 Å². The van der Waals surface area contributed by atoms with Crippen LogP contribution in [0.1, 0.15) is 159 Å². The molecule has 6 rings (SSSR count). The highest BCUT2D eigenvalue weighted by molar-refractivity contribution is 5.22. The van der Waals surface area contributed by atoms with E-state index >= 15 is 0 Å². The van der Waals surface area contributed by atoms with Crippen LogP contribution in [-0.4, -0.2) is 0 Å². The van der Waals surface area contributed by atoms with Crippen LogP contribution in [0.5, 0.6) is 0 Å². The summed E-state index contributed by atoms with van der Waals surface area (Å²) in [4.78, 5) is 0. The van der Waals surface area contributed by atoms with E-state index in [9.17, 15) is 4.39 Å². The van der Waals surface area contributed by atoms with Crippen molar-refractivity contribution in [3.63, 3.8) is 0 Å². The summed E-state index contributed by atoms with van der Waals surface area (Å²) in [6, 6.07) is 22.2. The summed E-state index contributed by atoms with van der Waals surface area (Å²) in [5.74, 6) is 6.00. The molecule has 3 saturated carbocycles. The van der Waals surface area contributed by atoms with Crippen LogP contribution < -0.4 is 0 Å². The Labute approximate surface area is 317 Å². The molecule has 2 heteroatoms. The van der Waals surface area contributed by atoms with Crippen LogP contribution in [0.25, 0.3) is 0 Å². The van der Waals surface area contributed by atoms with E-state index in [1.807, 2.05) is 13.0 Å². The first-order valence-corrected chi connectivity index (χ1v) is 19.9. The summed E-state index contributed by atoms with van der Waals surface area (Å²) < 4.78 is 12.6. The van der Waals surface area contributed by atoms with Gasteiger partial charge < -0.3 is 0 Å². The lowest BCUT2D eigenvalue weighted by Gasteiger charge is -2.22. The third kappa shape index (κ3) is 26.9. The predicted octanol–water partition coefficient (Wildman–Crippen LogP) is 16.3. The van der Waals surface area contributed by atoms with Crippen molar-refractivity contribution >= 4 is 0 Å². The molecule has 0 N–H and O–H groups in total. The maximum atomic E-state index is 12.6. The van der Waals surface area contributed by atoms with E-state index in [2.05, 4.69) is 118 Å². The van der Waals surface area contributed by atoms with Crippen LogP contribution in [0, 0.1) is 82.9 Å². The summed E-state index contributed by atoms with van der Waals surface area (Å²) in [7, 11) is 0. The quantitative estimate of drug-likeness (QED) is 0.218. The molecule has 3 fully saturated rings. The van der Waals surface area contributed by atoms with E-state index in [-0.39, 0.29) is 17.9 Å². The van der Waals surface area contributed by atoms with Gasteiger partial charge in [0.05, 0.1) is 0 Å². The van der Waals surface area contributed by atoms with Crippen molar-refractivity contribution in [2.45, 2.75) is 168 Å². The number of hydrogen-bond acceptors (Lipinski definition) is 0. The largest absolute Gasteiger partial charge is 0.269 e. The number of benzene rings is 3. The van der Waals surface area contributed by atoms with E-state index in [0.29, 0.717) is 5.56 Å². The number of rotatable bonds is 0. The summed E-state index contributed by atoms with van der Waals surface area (Å²) in [6.45, 7) is 26.2. The number of halogens is 2. The molecule has 0 amide bonds. The third-order valence-corrected chi connectivity index (χ3v) is 10.7. The lowest BCUT2D eigenvalue weighted by molar-refractivity contribution is 0.308. The van der Waals surface area contributed by atoms with Crippen LogP contribution in [0.3, 0.4) is 0 Å². The first-order chi connectivity index (χ1) is 23.1. The zero-order chi connectivity index (χ0) is 36.8. The Bertz CT molecular complexity index is 1040. The zero-order valence-electron chi connectivity index (χ0n) is 34.6. The average molecular weight is 709 g/mol. The van der Waals surface area contributed by atoms with Gasteiger partial charge in [-0.3, -0.25) is 4.70 Å². The molecule has 0 radical (unpaired) electrons. The Balaban J connectivity index is 0. The molecule has 0 unspecified atom stereocenters. The second-order valence-corrected chi connectivity index (χ2v) is 16.7. The number of aryl methyl sites for hydroxylation is 6. The molecule has 0 bridgehead atoms. The highest BCUT2D eigenvalue weighted by Gasteiger charge is 2.14. The Morgan fingerprint density at radius 3 is 0.686 bits per heavy atom. The highest BCUT2D eigenvalue weighted by atomic mass is 19.1. The van der Waals surface area contributed by atoms with Gasteiger partial charge in [-0.2, -0.15) is 0 Å². The minimum absolute atomic E-state index is 0. The van der Waals surface area contributed by atoms with Gasteiger partial charge in [-0.15, -0.1) is 0 Å². The van der Waals surface area contributed by atoms with Gasteiger partial charge in [0.15, 0.2) is 0 Å². The van der Waals surface area contributed by atoms with Crippen molar-refractivity contribution in [3.05, 3.63) is 106 Å². The fraction of sp³-hybridized carbons (Fsp3) is 0.633. The molecule has 3 aliphatic rings. The molecular formula is C49H82F2. The van der Waals surface area contributed by atoms with Crippen molar-refractivity contribution in [2.75, 3.05) is 0 Å². The minimum atomic E-state index is -0.116. The molecule has 0 saturated heterocycles. The van der Waals surface area contributed by atoms with Gasteiger partial charge in [-0.05, 0) is 94.2 Å². The minimum Gasteiger partial charge on any atom is -0.269 e. The molecular weight excluding hydrogens is 627 g/mol. The SMILES string of the molecule is C.CC1CCC(C)CC1.CC1CCC(C)CC1.CC1CCC(C)CC1.Cc1ccc(C)c(F)c1.Cc1ccc(C)cc1.Cc1ccc(C)cc1.F. The van der Waals surface area contributed by atoms with Crippen LogP contribution in [0.2, 0.25) is 0 Å². The fourth-order valence-corrected chi connectivity index (χ4v) is 6.25. The van der Waals surface area contributed by atoms with Gasteiger partial charge in [-0.1, -0.05) is 209 Å². The van der Waals surface area contributed by atoms with Crippen LogP contribution >= 0.6 is 0 Å². The highest BCUT2D eigenvalue weighted by Crippen LogP contribution is 2.28. The van der Waals surface area contributed by atoms with Crippen molar-refractivity contribution in [2.24, 2.45) is 35.5 Å². The van der Waals surface area contributed by atoms with Crippen molar-refractivity contribution in [3.8, 4) is 0 Å². The summed E-state index contributed by atoms with van der Waals surface area (Å²) in [5, 5.41) is 0. The Hall–Kier alpha value is -2.48. The van der Waals surface area contributed by atoms with E-state index < -0.39 is 0 Å². The molecule has 0 atom stereocenters. The Morgan fingerprint density at radius 1 is 0.353 bits per heavy atom. The monoisotopic (exact) mass is 709 g/mol. The average Bonchev–Trinajstić information content (AvgIpc) is 3.08. The molecule has 0 heterocycles. The predicted molar refractivity (Wildman–Crippen MR) is 227 cm³/mol. The van der Waals surface area contributed by atoms with Gasteiger partial charge in [0.1, 0.15) is 5.82 Å². The topological polar surface area (TPSA) is 0 Å². The Kier molecular flexibility index (Phi) is 28.8. The first-order valence-electron chi connectivity index (χ1n) is 19.9. The molecule has 3 aromatic carbocycles. The van der Waals surface area contributed by atoms with Crippen molar-refractivity contribution in [1.82, 2.24) is 0 Å². The normalized spacial score (nSPS) is 23.3. The van der Waals surface area contributed by atoms with Gasteiger partial charge in [-0.25, -0.2) is 4.39 Å². The van der Waals surface area contributed by atoms with Gasteiger partial charge in [0.2, 0.25) is 0 Å². The van der Waals surface area contributed by atoms with E-state index in [1.165, 1.54) is 105 Å². The molecule has 3 aromatic rings. The standard InChI is InChI=1S/C8H9F.3C8H16.2C8H10.CH4.FH/c1-6-3-4-7(2)8(9)5-6;5*1-7-3-5-8(2)6-4-7;;/h3-5H,1-2H3;3*7-8H,3-6H2,1-2H3;2*3-6H,1-2H3;1H4;1H. The maximum absolute atomic E-state index is 12.6. The van der Waals surface area contributed by atoms with E-state index in [4.69, 9.17) is 0 Å². The fourth-order valence-electron chi connectivity index (χ4n) is 6.25. The summed E-state index contributed by atoms with van der Waals surface area (Å²) >= 11 is 0. The first kappa shape index (κ1) is 50.6.